The highest BCUT2D eigenvalue weighted by molar-refractivity contribution is 5.77. The molecule has 17 heavy (non-hydrogen) atoms. The van der Waals surface area contributed by atoms with E-state index in [1.165, 1.54) is 6.92 Å². The maximum Gasteiger partial charge on any atom is 0.164 e. The molecule has 0 radical (unpaired) electrons. The predicted molar refractivity (Wildman–Crippen MR) is 75.0 cm³/mol. The summed E-state index contributed by atoms with van der Waals surface area (Å²) in [5, 5.41) is 9.78. The van der Waals surface area contributed by atoms with Gasteiger partial charge in [0.15, 0.2) is 5.82 Å². The molecule has 1 rings (SSSR count). The molecular formula is C12H28N4O. The number of nitrogens with one attached hydrogen (secondary N) is 2. The largest absolute Gasteiger partial charge is 0.310 e. The Morgan fingerprint density at radius 3 is 2.53 bits per heavy atom. The minimum Gasteiger partial charge on any atom is -0.310 e. The van der Waals surface area contributed by atoms with E-state index in [-0.39, 0.29) is 8.64 Å². The topological polar surface area (TPSA) is 70.7 Å². The van der Waals surface area contributed by atoms with Crippen LogP contribution in [0.5, 0.6) is 0 Å². The maximum absolute atomic E-state index is 10.7. The Hall–Kier alpha value is -1.49. The number of rotatable bonds is 5. The summed E-state index contributed by atoms with van der Waals surface area (Å²) in [5.74, 6) is 1.43. The summed E-state index contributed by atoms with van der Waals surface area (Å²) in [7, 11) is 0. The van der Waals surface area contributed by atoms with Crippen LogP contribution in [0.1, 0.15) is 42.2 Å². The molecule has 0 aromatic carbocycles. The third-order valence-electron chi connectivity index (χ3n) is 1.53. The highest BCUT2D eigenvalue weighted by atomic mass is 16.1. The molecule has 2 N–H and O–H groups in total. The van der Waals surface area contributed by atoms with Gasteiger partial charge < -0.3 is 5.32 Å². The number of nitrogens with zero attached hydrogens (tertiary/aromatic N) is 2. The number of aromatic amines is 1. The fraction of sp³-hybridized carbons (Fsp3) is 0.583. The summed E-state index contributed by atoms with van der Waals surface area (Å²) in [6.07, 6.45) is 0.332. The first-order chi connectivity index (χ1) is 8.22. The van der Waals surface area contributed by atoms with Crippen molar-refractivity contribution in [2.45, 2.75) is 40.7 Å². The van der Waals surface area contributed by atoms with Gasteiger partial charge in [0, 0.05) is 2.85 Å². The van der Waals surface area contributed by atoms with Gasteiger partial charge in [0.2, 0.25) is 0 Å². The zero-order valence-electron chi connectivity index (χ0n) is 11.3. The smallest absolute Gasteiger partial charge is 0.164 e. The van der Waals surface area contributed by atoms with Crippen molar-refractivity contribution in [2.75, 3.05) is 6.54 Å². The van der Waals surface area contributed by atoms with Crippen molar-refractivity contribution in [1.82, 2.24) is 20.5 Å². The van der Waals surface area contributed by atoms with E-state index in [0.29, 0.717) is 24.6 Å². The number of hydrogen-bond donors (Lipinski definition) is 2. The van der Waals surface area contributed by atoms with Gasteiger partial charge in [-0.2, -0.15) is 5.10 Å². The fourth-order valence-corrected chi connectivity index (χ4v) is 0.966. The van der Waals surface area contributed by atoms with Crippen molar-refractivity contribution in [3.05, 3.63) is 24.8 Å². The molecule has 5 nitrogen and oxygen atoms in total. The second-order valence-corrected chi connectivity index (χ2v) is 2.86. The van der Waals surface area contributed by atoms with Crippen LogP contribution in [0.25, 0.3) is 0 Å². The Bertz CT molecular complexity index is 306. The number of Topliss-reactive ketones (excluding diaryl/α,β-unsaturated/α-hetero) is 1. The standard InChI is InChI=1S/C8H14N4O.C2H6.C2H4.2H2/c1-3-9-5-8-10-7(11-12-8)4-6(2)13;2*1-2;;/h9H,3-5H2,1-2H3,(H,10,11,12);1-2H3;1-2H2;2*1H. The molecule has 0 aliphatic carbocycles. The van der Waals surface area contributed by atoms with Crippen LogP contribution in [0, 0.1) is 0 Å². The SMILES string of the molecule is C=C.CC.CCNCc1n[nH]c(CC(C)=O)n1.[HH].[HH]. The highest BCUT2D eigenvalue weighted by Gasteiger charge is 2.03. The van der Waals surface area contributed by atoms with E-state index in [1.807, 2.05) is 20.8 Å². The Balaban J connectivity index is -0.000000171. The number of aromatic nitrogens is 3. The maximum atomic E-state index is 10.7. The lowest BCUT2D eigenvalue weighted by molar-refractivity contribution is -0.116. The van der Waals surface area contributed by atoms with Crippen molar-refractivity contribution < 1.29 is 7.65 Å². The Kier molecular flexibility index (Phi) is 13.2. The molecule has 0 atom stereocenters. The first-order valence-corrected chi connectivity index (χ1v) is 5.82. The minimum atomic E-state index is 0. The van der Waals surface area contributed by atoms with Crippen molar-refractivity contribution in [3.8, 4) is 0 Å². The van der Waals surface area contributed by atoms with E-state index >= 15 is 0 Å². The second kappa shape index (κ2) is 12.6. The molecule has 0 saturated carbocycles. The first-order valence-electron chi connectivity index (χ1n) is 5.82. The zero-order chi connectivity index (χ0) is 13.7. The van der Waals surface area contributed by atoms with E-state index in [2.05, 4.69) is 33.7 Å². The molecule has 5 heteroatoms. The van der Waals surface area contributed by atoms with Gasteiger partial charge in [0.05, 0.1) is 13.0 Å². The van der Waals surface area contributed by atoms with Crippen molar-refractivity contribution in [2.24, 2.45) is 0 Å². The van der Waals surface area contributed by atoms with Gasteiger partial charge in [0.1, 0.15) is 11.6 Å². The van der Waals surface area contributed by atoms with Crippen LogP contribution in [0.15, 0.2) is 13.2 Å². The zero-order valence-corrected chi connectivity index (χ0v) is 11.3. The quantitative estimate of drug-likeness (QED) is 0.780. The van der Waals surface area contributed by atoms with Gasteiger partial charge >= 0.3 is 0 Å². The van der Waals surface area contributed by atoms with Crippen LogP contribution >= 0.6 is 0 Å². The average molecular weight is 244 g/mol. The molecule has 0 saturated heterocycles. The third kappa shape index (κ3) is 9.44. The molecule has 0 bridgehead atoms. The Morgan fingerprint density at radius 2 is 2.06 bits per heavy atom. The molecule has 0 fully saturated rings. The van der Waals surface area contributed by atoms with Gasteiger partial charge in [-0.05, 0) is 13.5 Å². The van der Waals surface area contributed by atoms with Gasteiger partial charge in [-0.3, -0.25) is 9.89 Å². The number of carbonyl (C=O) groups is 1. The molecule has 1 aromatic heterocycles. The normalized spacial score (nSPS) is 8.47. The van der Waals surface area contributed by atoms with Crippen LogP contribution in [-0.2, 0) is 17.8 Å². The summed E-state index contributed by atoms with van der Waals surface area (Å²) >= 11 is 0. The van der Waals surface area contributed by atoms with Gasteiger partial charge in [-0.1, -0.05) is 20.8 Å². The molecule has 0 spiro atoms. The van der Waals surface area contributed by atoms with Gasteiger partial charge in [-0.15, -0.1) is 13.2 Å². The van der Waals surface area contributed by atoms with E-state index in [0.717, 1.165) is 6.54 Å². The van der Waals surface area contributed by atoms with Crippen molar-refractivity contribution in [3.63, 3.8) is 0 Å². The summed E-state index contributed by atoms with van der Waals surface area (Å²) in [5.41, 5.74) is 0. The lowest BCUT2D eigenvalue weighted by Gasteiger charge is -1.93. The summed E-state index contributed by atoms with van der Waals surface area (Å²) in [4.78, 5) is 14.9. The van der Waals surface area contributed by atoms with Crippen LogP contribution in [0.2, 0.25) is 0 Å². The number of ketones is 1. The highest BCUT2D eigenvalue weighted by Crippen LogP contribution is 1.94. The average Bonchev–Trinajstić information content (AvgIpc) is 2.78. The van der Waals surface area contributed by atoms with Gasteiger partial charge in [-0.25, -0.2) is 4.98 Å². The van der Waals surface area contributed by atoms with E-state index in [1.54, 1.807) is 0 Å². The third-order valence-corrected chi connectivity index (χ3v) is 1.53. The molecular weight excluding hydrogens is 216 g/mol. The van der Waals surface area contributed by atoms with Crippen LogP contribution in [0.4, 0.5) is 0 Å². The van der Waals surface area contributed by atoms with E-state index in [4.69, 9.17) is 0 Å². The number of H-pyrrole nitrogens is 1. The Morgan fingerprint density at radius 1 is 1.47 bits per heavy atom. The van der Waals surface area contributed by atoms with Crippen LogP contribution in [0.3, 0.4) is 0 Å². The lowest BCUT2D eigenvalue weighted by Crippen LogP contribution is -2.12. The molecule has 102 valence electrons. The molecule has 0 aliphatic heterocycles. The fourth-order valence-electron chi connectivity index (χ4n) is 0.966. The van der Waals surface area contributed by atoms with Crippen molar-refractivity contribution in [1.29, 1.82) is 0 Å². The predicted octanol–water partition coefficient (Wildman–Crippen LogP) is 2.37. The monoisotopic (exact) mass is 244 g/mol. The molecule has 0 aliphatic rings. The summed E-state index contributed by atoms with van der Waals surface area (Å²) < 4.78 is 0. The van der Waals surface area contributed by atoms with Gasteiger partial charge in [0.25, 0.3) is 0 Å². The minimum absolute atomic E-state index is 0. The molecule has 1 aromatic rings. The second-order valence-electron chi connectivity index (χ2n) is 2.86. The van der Waals surface area contributed by atoms with Crippen LogP contribution in [-0.4, -0.2) is 27.5 Å². The summed E-state index contributed by atoms with van der Waals surface area (Å²) in [6.45, 7) is 15.1. The Labute approximate surface area is 107 Å². The van der Waals surface area contributed by atoms with E-state index in [9.17, 15) is 4.79 Å². The molecule has 0 unspecified atom stereocenters. The first kappa shape index (κ1) is 17.9. The van der Waals surface area contributed by atoms with E-state index < -0.39 is 0 Å². The molecule has 0 amide bonds. The lowest BCUT2D eigenvalue weighted by atomic mass is 10.3. The summed E-state index contributed by atoms with van der Waals surface area (Å²) in [6, 6.07) is 0. The van der Waals surface area contributed by atoms with Crippen LogP contribution < -0.4 is 5.32 Å². The molecule has 1 heterocycles. The van der Waals surface area contributed by atoms with Crippen molar-refractivity contribution >= 4 is 5.78 Å². The number of hydrogen-bond acceptors (Lipinski definition) is 4. The number of carbonyl (C=O) groups excluding carboxylic acids is 1.